The number of benzene rings is 2. The number of nitrogens with one attached hydrogen (secondary N) is 2. The van der Waals surface area contributed by atoms with Crippen molar-refractivity contribution in [1.29, 1.82) is 0 Å². The van der Waals surface area contributed by atoms with Gasteiger partial charge in [0, 0.05) is 11.4 Å². The molecule has 0 unspecified atom stereocenters. The van der Waals surface area contributed by atoms with Crippen molar-refractivity contribution in [1.82, 2.24) is 9.97 Å². The first-order valence-corrected chi connectivity index (χ1v) is 8.85. The van der Waals surface area contributed by atoms with Crippen LogP contribution in [0.25, 0.3) is 10.2 Å². The van der Waals surface area contributed by atoms with Crippen LogP contribution in [0.5, 0.6) is 11.6 Å². The Bertz CT molecular complexity index is 1080. The van der Waals surface area contributed by atoms with Gasteiger partial charge >= 0.3 is 6.03 Å². The summed E-state index contributed by atoms with van der Waals surface area (Å²) in [6.45, 7) is 0. The fourth-order valence-electron chi connectivity index (χ4n) is 2.38. The van der Waals surface area contributed by atoms with Gasteiger partial charge in [-0.25, -0.2) is 19.2 Å². The van der Waals surface area contributed by atoms with E-state index in [0.717, 1.165) is 10.2 Å². The van der Waals surface area contributed by atoms with Gasteiger partial charge in [0.2, 0.25) is 5.88 Å². The molecule has 0 atom stereocenters. The number of anilines is 2. The molecule has 2 aromatic heterocycles. The van der Waals surface area contributed by atoms with Crippen molar-refractivity contribution in [3.8, 4) is 11.6 Å². The fraction of sp³-hybridized carbons (Fsp3) is 0. The SMILES string of the molecule is O=C(Nc1ccc(F)cc1)Nc1ccc(Oc2ncnc3ccsc23)cc1. The maximum Gasteiger partial charge on any atom is 0.323 e. The number of urea groups is 1. The number of amides is 2. The monoisotopic (exact) mass is 380 g/mol. The van der Waals surface area contributed by atoms with Crippen LogP contribution in [0.15, 0.2) is 66.3 Å². The summed E-state index contributed by atoms with van der Waals surface area (Å²) in [4.78, 5) is 20.3. The molecule has 2 aromatic carbocycles. The van der Waals surface area contributed by atoms with Crippen LogP contribution >= 0.6 is 11.3 Å². The molecule has 0 bridgehead atoms. The fourth-order valence-corrected chi connectivity index (χ4v) is 3.15. The molecule has 0 radical (unpaired) electrons. The molecule has 0 fully saturated rings. The third kappa shape index (κ3) is 4.01. The Hall–Kier alpha value is -3.52. The minimum atomic E-state index is -0.425. The second kappa shape index (κ2) is 7.38. The lowest BCUT2D eigenvalue weighted by molar-refractivity contribution is 0.262. The molecule has 0 aliphatic rings. The summed E-state index contributed by atoms with van der Waals surface area (Å²) in [7, 11) is 0. The predicted molar refractivity (Wildman–Crippen MR) is 103 cm³/mol. The van der Waals surface area contributed by atoms with Crippen molar-refractivity contribution in [3.63, 3.8) is 0 Å². The molecule has 2 heterocycles. The lowest BCUT2D eigenvalue weighted by Crippen LogP contribution is -2.19. The van der Waals surface area contributed by atoms with Gasteiger partial charge in [0.05, 0.1) is 5.52 Å². The van der Waals surface area contributed by atoms with Crippen molar-refractivity contribution in [2.24, 2.45) is 0 Å². The molecule has 0 spiro atoms. The number of carbonyl (C=O) groups excluding carboxylic acids is 1. The number of fused-ring (bicyclic) bond motifs is 1. The number of hydrogen-bond acceptors (Lipinski definition) is 5. The van der Waals surface area contributed by atoms with E-state index in [0.29, 0.717) is 23.0 Å². The van der Waals surface area contributed by atoms with Crippen LogP contribution in [0.4, 0.5) is 20.6 Å². The Morgan fingerprint density at radius 1 is 0.926 bits per heavy atom. The lowest BCUT2D eigenvalue weighted by Gasteiger charge is -2.09. The quantitative estimate of drug-likeness (QED) is 0.506. The maximum atomic E-state index is 12.9. The summed E-state index contributed by atoms with van der Waals surface area (Å²) in [5.74, 6) is 0.720. The number of carbonyl (C=O) groups is 1. The smallest absolute Gasteiger partial charge is 0.323 e. The Morgan fingerprint density at radius 2 is 1.59 bits per heavy atom. The molecule has 27 heavy (non-hydrogen) atoms. The number of thiophene rings is 1. The molecular weight excluding hydrogens is 367 g/mol. The van der Waals surface area contributed by atoms with E-state index in [4.69, 9.17) is 4.74 Å². The van der Waals surface area contributed by atoms with Crippen LogP contribution in [0.3, 0.4) is 0 Å². The molecule has 2 N–H and O–H groups in total. The average Bonchev–Trinajstić information content (AvgIpc) is 3.15. The topological polar surface area (TPSA) is 76.1 Å². The van der Waals surface area contributed by atoms with Crippen molar-refractivity contribution < 1.29 is 13.9 Å². The number of aromatic nitrogens is 2. The average molecular weight is 380 g/mol. The zero-order chi connectivity index (χ0) is 18.6. The molecule has 0 saturated heterocycles. The van der Waals surface area contributed by atoms with Gasteiger partial charge in [-0.15, -0.1) is 11.3 Å². The predicted octanol–water partition coefficient (Wildman–Crippen LogP) is 5.27. The molecule has 8 heteroatoms. The zero-order valence-electron chi connectivity index (χ0n) is 13.8. The first-order chi connectivity index (χ1) is 13.2. The van der Waals surface area contributed by atoms with Crippen LogP contribution in [0, 0.1) is 5.82 Å². The van der Waals surface area contributed by atoms with Crippen molar-refractivity contribution in [2.75, 3.05) is 10.6 Å². The maximum absolute atomic E-state index is 12.9. The number of halogens is 1. The highest BCUT2D eigenvalue weighted by molar-refractivity contribution is 7.17. The molecule has 0 aliphatic carbocycles. The number of hydrogen-bond donors (Lipinski definition) is 2. The summed E-state index contributed by atoms with van der Waals surface area (Å²) >= 11 is 1.51. The van der Waals surface area contributed by atoms with Gasteiger partial charge in [0.15, 0.2) is 0 Å². The van der Waals surface area contributed by atoms with E-state index < -0.39 is 6.03 Å². The third-order valence-corrected chi connectivity index (χ3v) is 4.53. The number of rotatable bonds is 4. The van der Waals surface area contributed by atoms with E-state index in [1.807, 2.05) is 11.4 Å². The summed E-state index contributed by atoms with van der Waals surface area (Å²) in [6.07, 6.45) is 1.46. The van der Waals surface area contributed by atoms with Crippen LogP contribution in [-0.2, 0) is 0 Å². The van der Waals surface area contributed by atoms with E-state index in [1.54, 1.807) is 24.3 Å². The summed E-state index contributed by atoms with van der Waals surface area (Å²) in [6, 6.07) is 13.9. The van der Waals surface area contributed by atoms with Gasteiger partial charge in [-0.1, -0.05) is 0 Å². The summed E-state index contributed by atoms with van der Waals surface area (Å²) in [5.41, 5.74) is 1.92. The Labute approximate surface area is 157 Å². The molecule has 0 aliphatic heterocycles. The van der Waals surface area contributed by atoms with Crippen LogP contribution in [-0.4, -0.2) is 16.0 Å². The van der Waals surface area contributed by atoms with Crippen LogP contribution < -0.4 is 15.4 Å². The van der Waals surface area contributed by atoms with E-state index in [2.05, 4.69) is 20.6 Å². The molecule has 4 aromatic rings. The minimum absolute atomic E-state index is 0.361. The van der Waals surface area contributed by atoms with E-state index in [1.165, 1.54) is 41.9 Å². The van der Waals surface area contributed by atoms with Crippen LogP contribution in [0.2, 0.25) is 0 Å². The first-order valence-electron chi connectivity index (χ1n) is 7.97. The van der Waals surface area contributed by atoms with Gasteiger partial charge < -0.3 is 15.4 Å². The largest absolute Gasteiger partial charge is 0.437 e. The van der Waals surface area contributed by atoms with E-state index >= 15 is 0 Å². The van der Waals surface area contributed by atoms with Crippen molar-refractivity contribution in [3.05, 3.63) is 72.1 Å². The number of ether oxygens (including phenoxy) is 1. The Kier molecular flexibility index (Phi) is 4.63. The molecular formula is C19H13FN4O2S. The second-order valence-electron chi connectivity index (χ2n) is 5.53. The van der Waals surface area contributed by atoms with Gasteiger partial charge in [-0.3, -0.25) is 0 Å². The minimum Gasteiger partial charge on any atom is -0.437 e. The van der Waals surface area contributed by atoms with Gasteiger partial charge in [0.25, 0.3) is 0 Å². The number of nitrogens with zero attached hydrogens (tertiary/aromatic N) is 2. The van der Waals surface area contributed by atoms with Gasteiger partial charge in [-0.2, -0.15) is 0 Å². The highest BCUT2D eigenvalue weighted by atomic mass is 32.1. The van der Waals surface area contributed by atoms with Gasteiger partial charge in [0.1, 0.15) is 22.6 Å². The molecule has 6 nitrogen and oxygen atoms in total. The highest BCUT2D eigenvalue weighted by Crippen LogP contribution is 2.30. The standard InChI is InChI=1S/C19H13FN4O2S/c20-12-1-3-13(4-2-12)23-19(25)24-14-5-7-15(8-6-14)26-18-17-16(9-10-27-17)21-11-22-18/h1-11H,(H2,23,24,25). The lowest BCUT2D eigenvalue weighted by atomic mass is 10.3. The zero-order valence-corrected chi connectivity index (χ0v) is 14.7. The molecule has 0 saturated carbocycles. The third-order valence-electron chi connectivity index (χ3n) is 3.64. The molecule has 4 rings (SSSR count). The second-order valence-corrected chi connectivity index (χ2v) is 6.44. The van der Waals surface area contributed by atoms with Crippen LogP contribution in [0.1, 0.15) is 0 Å². The summed E-state index contributed by atoms with van der Waals surface area (Å²) < 4.78 is 19.6. The van der Waals surface area contributed by atoms with Gasteiger partial charge in [-0.05, 0) is 60.0 Å². The van der Waals surface area contributed by atoms with Crippen molar-refractivity contribution >= 4 is 39.0 Å². The highest BCUT2D eigenvalue weighted by Gasteiger charge is 2.08. The Morgan fingerprint density at radius 3 is 2.30 bits per heavy atom. The van der Waals surface area contributed by atoms with E-state index in [-0.39, 0.29) is 5.82 Å². The van der Waals surface area contributed by atoms with Crippen molar-refractivity contribution in [2.45, 2.75) is 0 Å². The summed E-state index contributed by atoms with van der Waals surface area (Å²) in [5, 5.41) is 7.25. The first kappa shape index (κ1) is 16.9. The molecule has 134 valence electrons. The Balaban J connectivity index is 1.40. The van der Waals surface area contributed by atoms with E-state index in [9.17, 15) is 9.18 Å². The normalized spacial score (nSPS) is 10.6. The molecule has 2 amide bonds.